The molecule has 1 fully saturated rings. The second-order valence-electron chi connectivity index (χ2n) is 4.38. The van der Waals surface area contributed by atoms with Crippen LogP contribution in [0.1, 0.15) is 5.56 Å². The molecule has 0 unspecified atom stereocenters. The summed E-state index contributed by atoms with van der Waals surface area (Å²) in [5, 5.41) is 3.16. The minimum absolute atomic E-state index is 0.289. The lowest BCUT2D eigenvalue weighted by atomic mass is 10.2. The predicted octanol–water partition coefficient (Wildman–Crippen LogP) is 0.539. The van der Waals surface area contributed by atoms with Crippen LogP contribution in [-0.2, 0) is 11.3 Å². The van der Waals surface area contributed by atoms with Gasteiger partial charge in [0.1, 0.15) is 6.61 Å². The summed E-state index contributed by atoms with van der Waals surface area (Å²) in [6.07, 6.45) is 0. The van der Waals surface area contributed by atoms with E-state index in [1.807, 2.05) is 4.90 Å². The van der Waals surface area contributed by atoms with Gasteiger partial charge in [-0.2, -0.15) is 4.98 Å². The summed E-state index contributed by atoms with van der Waals surface area (Å²) in [7, 11) is 0. The van der Waals surface area contributed by atoms with E-state index in [0.29, 0.717) is 51.2 Å². The minimum atomic E-state index is -0.289. The van der Waals surface area contributed by atoms with Crippen LogP contribution in [-0.4, -0.2) is 44.4 Å². The number of nitrogens with zero attached hydrogens (tertiary/aromatic N) is 2. The third-order valence-electron chi connectivity index (χ3n) is 3.14. The van der Waals surface area contributed by atoms with Crippen molar-refractivity contribution >= 4 is 5.82 Å². The molecule has 1 aromatic rings. The minimum Gasteiger partial charge on any atom is -0.476 e. The molecule has 3 rings (SSSR count). The van der Waals surface area contributed by atoms with Gasteiger partial charge in [0.2, 0.25) is 5.88 Å². The van der Waals surface area contributed by atoms with Gasteiger partial charge in [-0.1, -0.05) is 0 Å². The van der Waals surface area contributed by atoms with Crippen molar-refractivity contribution in [3.63, 3.8) is 0 Å². The third kappa shape index (κ3) is 2.26. The molecule has 1 N–H and O–H groups in total. The van der Waals surface area contributed by atoms with E-state index in [2.05, 4.69) is 10.3 Å². The number of aromatic nitrogens is 1. The van der Waals surface area contributed by atoms with Gasteiger partial charge in [0.15, 0.2) is 11.6 Å². The molecule has 6 heteroatoms. The monoisotopic (exact) mass is 253 g/mol. The normalized spacial score (nSPS) is 19.9. The Morgan fingerprint density at radius 1 is 1.28 bits per heavy atom. The molecule has 3 heterocycles. The first-order valence-electron chi connectivity index (χ1n) is 6.20. The number of nitrogens with one attached hydrogen (secondary N) is 1. The molecule has 2 aliphatic heterocycles. The molecule has 0 spiro atoms. The number of fused-ring (bicyclic) bond motifs is 1. The average molecular weight is 253 g/mol. The Morgan fingerprint density at radius 3 is 2.94 bits per heavy atom. The largest absolute Gasteiger partial charge is 0.476 e. The van der Waals surface area contributed by atoms with Crippen molar-refractivity contribution in [1.29, 1.82) is 0 Å². The number of anilines is 1. The zero-order valence-corrected chi connectivity index (χ0v) is 10.1. The fourth-order valence-corrected chi connectivity index (χ4v) is 2.19. The van der Waals surface area contributed by atoms with Crippen molar-refractivity contribution in [2.24, 2.45) is 0 Å². The van der Waals surface area contributed by atoms with Crippen LogP contribution in [0.4, 0.5) is 10.2 Å². The van der Waals surface area contributed by atoms with E-state index in [1.165, 1.54) is 6.07 Å². The summed E-state index contributed by atoms with van der Waals surface area (Å²) < 4.78 is 24.9. The van der Waals surface area contributed by atoms with Gasteiger partial charge >= 0.3 is 0 Å². The first-order chi connectivity index (χ1) is 8.84. The zero-order chi connectivity index (χ0) is 12.4. The van der Waals surface area contributed by atoms with Gasteiger partial charge in [0, 0.05) is 31.7 Å². The smallest absolute Gasteiger partial charge is 0.220 e. The third-order valence-corrected chi connectivity index (χ3v) is 3.14. The van der Waals surface area contributed by atoms with Crippen LogP contribution in [0, 0.1) is 5.82 Å². The Hall–Kier alpha value is -1.40. The molecule has 0 amide bonds. The lowest BCUT2D eigenvalue weighted by Crippen LogP contribution is -2.37. The molecule has 1 saturated heterocycles. The van der Waals surface area contributed by atoms with Crippen molar-refractivity contribution in [2.45, 2.75) is 6.54 Å². The highest BCUT2D eigenvalue weighted by Crippen LogP contribution is 2.26. The Morgan fingerprint density at radius 2 is 2.11 bits per heavy atom. The summed E-state index contributed by atoms with van der Waals surface area (Å²) in [6, 6.07) is 1.52. The van der Waals surface area contributed by atoms with Crippen LogP contribution < -0.4 is 15.0 Å². The van der Waals surface area contributed by atoms with E-state index in [0.717, 1.165) is 12.1 Å². The van der Waals surface area contributed by atoms with Crippen LogP contribution in [0.3, 0.4) is 0 Å². The Labute approximate surface area is 105 Å². The van der Waals surface area contributed by atoms with Gasteiger partial charge < -0.3 is 19.7 Å². The Bertz CT molecular complexity index is 436. The average Bonchev–Trinajstić information content (AvgIpc) is 2.63. The van der Waals surface area contributed by atoms with Gasteiger partial charge in [-0.15, -0.1) is 0 Å². The maximum absolute atomic E-state index is 14.1. The van der Waals surface area contributed by atoms with Gasteiger partial charge in [-0.05, 0) is 6.07 Å². The molecular formula is C12H16FN3O2. The van der Waals surface area contributed by atoms with Crippen LogP contribution in [0.2, 0.25) is 0 Å². The number of hydrogen-bond donors (Lipinski definition) is 1. The molecule has 0 aliphatic carbocycles. The van der Waals surface area contributed by atoms with Gasteiger partial charge in [-0.3, -0.25) is 0 Å². The van der Waals surface area contributed by atoms with Crippen LogP contribution >= 0.6 is 0 Å². The van der Waals surface area contributed by atoms with E-state index < -0.39 is 0 Å². The maximum Gasteiger partial charge on any atom is 0.220 e. The van der Waals surface area contributed by atoms with Crippen molar-refractivity contribution in [3.8, 4) is 5.88 Å². The van der Waals surface area contributed by atoms with Crippen molar-refractivity contribution in [3.05, 3.63) is 17.4 Å². The van der Waals surface area contributed by atoms with Crippen LogP contribution in [0.15, 0.2) is 6.07 Å². The SMILES string of the molecule is Fc1cc2c(nc1N1CCOCC1)OCCNC2. The predicted molar refractivity (Wildman–Crippen MR) is 64.4 cm³/mol. The molecule has 0 aromatic carbocycles. The number of hydrogen-bond acceptors (Lipinski definition) is 5. The molecule has 5 nitrogen and oxygen atoms in total. The first kappa shape index (κ1) is 11.7. The molecule has 98 valence electrons. The molecule has 0 atom stereocenters. The molecule has 1 aromatic heterocycles. The van der Waals surface area contributed by atoms with Crippen LogP contribution in [0.25, 0.3) is 0 Å². The molecule has 0 bridgehead atoms. The van der Waals surface area contributed by atoms with Crippen molar-refractivity contribution in [2.75, 3.05) is 44.4 Å². The number of halogens is 1. The number of pyridine rings is 1. The fraction of sp³-hybridized carbons (Fsp3) is 0.583. The van der Waals surface area contributed by atoms with Gasteiger partial charge in [0.25, 0.3) is 0 Å². The molecular weight excluding hydrogens is 237 g/mol. The second kappa shape index (κ2) is 5.07. The lowest BCUT2D eigenvalue weighted by Gasteiger charge is -2.28. The summed E-state index contributed by atoms with van der Waals surface area (Å²) in [4.78, 5) is 6.23. The Balaban J connectivity index is 1.92. The van der Waals surface area contributed by atoms with Gasteiger partial charge in [-0.25, -0.2) is 4.39 Å². The quantitative estimate of drug-likeness (QED) is 0.791. The number of rotatable bonds is 1. The highest BCUT2D eigenvalue weighted by Gasteiger charge is 2.20. The topological polar surface area (TPSA) is 46.6 Å². The van der Waals surface area contributed by atoms with Crippen molar-refractivity contribution in [1.82, 2.24) is 10.3 Å². The summed E-state index contributed by atoms with van der Waals surface area (Å²) in [5.41, 5.74) is 0.780. The highest BCUT2D eigenvalue weighted by atomic mass is 19.1. The zero-order valence-electron chi connectivity index (χ0n) is 10.1. The van der Waals surface area contributed by atoms with E-state index in [9.17, 15) is 4.39 Å². The standard InChI is InChI=1S/C12H16FN3O2/c13-10-7-9-8-14-1-4-18-12(9)15-11(10)16-2-5-17-6-3-16/h7,14H,1-6,8H2. The van der Waals surface area contributed by atoms with E-state index in [4.69, 9.17) is 9.47 Å². The Kier molecular flexibility index (Phi) is 3.29. The number of morpholine rings is 1. The lowest BCUT2D eigenvalue weighted by molar-refractivity contribution is 0.122. The highest BCUT2D eigenvalue weighted by molar-refractivity contribution is 5.46. The van der Waals surface area contributed by atoms with Crippen LogP contribution in [0.5, 0.6) is 5.88 Å². The fourth-order valence-electron chi connectivity index (χ4n) is 2.19. The maximum atomic E-state index is 14.1. The number of ether oxygens (including phenoxy) is 2. The molecule has 18 heavy (non-hydrogen) atoms. The summed E-state index contributed by atoms with van der Waals surface area (Å²) in [6.45, 7) is 4.48. The van der Waals surface area contributed by atoms with Gasteiger partial charge in [0.05, 0.1) is 13.2 Å². The molecule has 0 radical (unpaired) electrons. The summed E-state index contributed by atoms with van der Waals surface area (Å²) in [5.74, 6) is 0.629. The van der Waals surface area contributed by atoms with E-state index in [1.54, 1.807) is 0 Å². The van der Waals surface area contributed by atoms with E-state index >= 15 is 0 Å². The second-order valence-corrected chi connectivity index (χ2v) is 4.38. The first-order valence-corrected chi connectivity index (χ1v) is 6.20. The van der Waals surface area contributed by atoms with Crippen molar-refractivity contribution < 1.29 is 13.9 Å². The molecule has 2 aliphatic rings. The van der Waals surface area contributed by atoms with E-state index in [-0.39, 0.29) is 5.82 Å². The summed E-state index contributed by atoms with van der Waals surface area (Å²) >= 11 is 0. The molecule has 0 saturated carbocycles.